The lowest BCUT2D eigenvalue weighted by Gasteiger charge is -2.19. The van der Waals surface area contributed by atoms with Crippen LogP contribution in [0.25, 0.3) is 5.82 Å². The van der Waals surface area contributed by atoms with Gasteiger partial charge in [-0.1, -0.05) is 19.4 Å². The zero-order valence-corrected chi connectivity index (χ0v) is 15.9. The third-order valence-electron chi connectivity index (χ3n) is 4.59. The van der Waals surface area contributed by atoms with Gasteiger partial charge in [-0.25, -0.2) is 9.67 Å². The molecule has 3 rings (SSSR count). The number of pyridine rings is 1. The standard InChI is InChI=1S/C17H23N5O.2ClH/c1-2-15-13(11-20-22(15)16-8-3-4-9-19-16)17(23)21-14-7-5-6-12(14)10-18;;/h3-4,8-9,11-12,14H,2,5-7,10,18H2,1H3,(H,21,23);2*1H. The first-order chi connectivity index (χ1) is 11.2. The van der Waals surface area contributed by atoms with Crippen LogP contribution in [0.15, 0.2) is 30.6 Å². The Morgan fingerprint density at radius 1 is 1.36 bits per heavy atom. The average Bonchev–Trinajstić information content (AvgIpc) is 3.21. The number of halogens is 2. The Labute approximate surface area is 160 Å². The van der Waals surface area contributed by atoms with Crippen LogP contribution < -0.4 is 11.1 Å². The lowest BCUT2D eigenvalue weighted by molar-refractivity contribution is 0.0928. The molecule has 2 heterocycles. The molecule has 1 saturated carbocycles. The van der Waals surface area contributed by atoms with Gasteiger partial charge in [-0.15, -0.1) is 24.8 Å². The SMILES string of the molecule is CCc1c(C(=O)NC2CCCC2CN)cnn1-c1ccccn1.Cl.Cl. The Morgan fingerprint density at radius 3 is 2.80 bits per heavy atom. The van der Waals surface area contributed by atoms with Crippen LogP contribution in [-0.2, 0) is 6.42 Å². The third-order valence-corrected chi connectivity index (χ3v) is 4.59. The molecule has 25 heavy (non-hydrogen) atoms. The highest BCUT2D eigenvalue weighted by Gasteiger charge is 2.29. The fourth-order valence-corrected chi connectivity index (χ4v) is 3.34. The Kier molecular flexibility index (Phi) is 8.35. The van der Waals surface area contributed by atoms with Gasteiger partial charge in [0.1, 0.15) is 0 Å². The van der Waals surface area contributed by atoms with Crippen LogP contribution in [0.2, 0.25) is 0 Å². The van der Waals surface area contributed by atoms with Crippen molar-refractivity contribution in [3.8, 4) is 5.82 Å². The van der Waals surface area contributed by atoms with E-state index in [0.717, 1.165) is 30.8 Å². The minimum absolute atomic E-state index is 0. The lowest BCUT2D eigenvalue weighted by Crippen LogP contribution is -2.40. The summed E-state index contributed by atoms with van der Waals surface area (Å²) in [6.45, 7) is 2.64. The molecule has 2 unspecified atom stereocenters. The number of hydrogen-bond donors (Lipinski definition) is 2. The number of nitrogens with one attached hydrogen (secondary N) is 1. The van der Waals surface area contributed by atoms with E-state index in [4.69, 9.17) is 5.73 Å². The third kappa shape index (κ3) is 4.51. The normalized spacial score (nSPS) is 19.0. The molecule has 0 radical (unpaired) electrons. The van der Waals surface area contributed by atoms with Crippen LogP contribution in [0.1, 0.15) is 42.2 Å². The monoisotopic (exact) mass is 385 g/mol. The molecule has 0 saturated heterocycles. The van der Waals surface area contributed by atoms with E-state index in [2.05, 4.69) is 15.4 Å². The number of rotatable bonds is 5. The van der Waals surface area contributed by atoms with Gasteiger partial charge < -0.3 is 11.1 Å². The van der Waals surface area contributed by atoms with Gasteiger partial charge in [-0.2, -0.15) is 5.10 Å². The van der Waals surface area contributed by atoms with E-state index in [0.29, 0.717) is 24.4 Å². The summed E-state index contributed by atoms with van der Waals surface area (Å²) in [6, 6.07) is 5.83. The minimum atomic E-state index is -0.0608. The summed E-state index contributed by atoms with van der Waals surface area (Å²) in [6.07, 6.45) is 7.29. The van der Waals surface area contributed by atoms with Crippen molar-refractivity contribution >= 4 is 30.7 Å². The number of carbonyl (C=O) groups excluding carboxylic acids is 1. The minimum Gasteiger partial charge on any atom is -0.349 e. The van der Waals surface area contributed by atoms with Gasteiger partial charge >= 0.3 is 0 Å². The maximum Gasteiger partial charge on any atom is 0.255 e. The van der Waals surface area contributed by atoms with Crippen molar-refractivity contribution in [2.45, 2.75) is 38.6 Å². The second-order valence-corrected chi connectivity index (χ2v) is 5.96. The van der Waals surface area contributed by atoms with Crippen molar-refractivity contribution in [3.63, 3.8) is 0 Å². The highest BCUT2D eigenvalue weighted by atomic mass is 35.5. The molecule has 2 atom stereocenters. The zero-order chi connectivity index (χ0) is 16.2. The topological polar surface area (TPSA) is 85.8 Å². The van der Waals surface area contributed by atoms with Crippen molar-refractivity contribution in [2.24, 2.45) is 11.7 Å². The molecule has 2 aromatic rings. The summed E-state index contributed by atoms with van der Waals surface area (Å²) < 4.78 is 1.74. The Bertz CT molecular complexity index is 677. The molecule has 2 aromatic heterocycles. The first-order valence-electron chi connectivity index (χ1n) is 8.23. The van der Waals surface area contributed by atoms with E-state index in [1.165, 1.54) is 0 Å². The zero-order valence-electron chi connectivity index (χ0n) is 14.2. The maximum absolute atomic E-state index is 12.7. The summed E-state index contributed by atoms with van der Waals surface area (Å²) in [5.41, 5.74) is 7.30. The maximum atomic E-state index is 12.7. The van der Waals surface area contributed by atoms with Crippen LogP contribution in [0, 0.1) is 5.92 Å². The highest BCUT2D eigenvalue weighted by Crippen LogP contribution is 2.25. The fourth-order valence-electron chi connectivity index (χ4n) is 3.34. The van der Waals surface area contributed by atoms with Crippen LogP contribution in [0.5, 0.6) is 0 Å². The summed E-state index contributed by atoms with van der Waals surface area (Å²) >= 11 is 0. The van der Waals surface area contributed by atoms with E-state index in [-0.39, 0.29) is 36.8 Å². The molecule has 8 heteroatoms. The van der Waals surface area contributed by atoms with Gasteiger partial charge in [0.25, 0.3) is 5.91 Å². The molecular formula is C17H25Cl2N5O. The number of nitrogens with two attached hydrogens (primary N) is 1. The molecule has 3 N–H and O–H groups in total. The van der Waals surface area contributed by atoms with Gasteiger partial charge in [-0.05, 0) is 43.9 Å². The van der Waals surface area contributed by atoms with Crippen molar-refractivity contribution in [3.05, 3.63) is 41.9 Å². The van der Waals surface area contributed by atoms with Crippen LogP contribution in [0.3, 0.4) is 0 Å². The molecule has 1 amide bonds. The molecule has 0 bridgehead atoms. The molecule has 0 aromatic carbocycles. The van der Waals surface area contributed by atoms with Crippen LogP contribution in [0.4, 0.5) is 0 Å². The molecule has 0 spiro atoms. The second-order valence-electron chi connectivity index (χ2n) is 5.96. The van der Waals surface area contributed by atoms with Crippen molar-refractivity contribution in [1.29, 1.82) is 0 Å². The van der Waals surface area contributed by atoms with E-state index < -0.39 is 0 Å². The first-order valence-corrected chi connectivity index (χ1v) is 8.23. The van der Waals surface area contributed by atoms with Gasteiger partial charge in [0.05, 0.1) is 17.5 Å². The first kappa shape index (κ1) is 21.4. The Balaban J connectivity index is 0.00000156. The molecule has 1 aliphatic rings. The van der Waals surface area contributed by atoms with Gasteiger partial charge in [0, 0.05) is 12.2 Å². The quantitative estimate of drug-likeness (QED) is 0.827. The van der Waals surface area contributed by atoms with Gasteiger partial charge in [0.15, 0.2) is 5.82 Å². The number of carbonyl (C=O) groups is 1. The Morgan fingerprint density at radius 2 is 2.16 bits per heavy atom. The molecule has 6 nitrogen and oxygen atoms in total. The van der Waals surface area contributed by atoms with Crippen LogP contribution in [-0.4, -0.2) is 33.3 Å². The molecule has 1 aliphatic carbocycles. The second kappa shape index (κ2) is 9.75. The predicted molar refractivity (Wildman–Crippen MR) is 103 cm³/mol. The lowest BCUT2D eigenvalue weighted by atomic mass is 10.0. The number of hydrogen-bond acceptors (Lipinski definition) is 4. The van der Waals surface area contributed by atoms with Crippen LogP contribution >= 0.6 is 24.8 Å². The molecular weight excluding hydrogens is 361 g/mol. The Hall–Kier alpha value is -1.63. The van der Waals surface area contributed by atoms with Crippen molar-refractivity contribution in [1.82, 2.24) is 20.1 Å². The van der Waals surface area contributed by atoms with E-state index in [1.54, 1.807) is 17.1 Å². The largest absolute Gasteiger partial charge is 0.349 e. The van der Waals surface area contributed by atoms with Gasteiger partial charge in [0.2, 0.25) is 0 Å². The van der Waals surface area contributed by atoms with Crippen molar-refractivity contribution in [2.75, 3.05) is 6.54 Å². The van der Waals surface area contributed by atoms with E-state index in [9.17, 15) is 4.79 Å². The summed E-state index contributed by atoms with van der Waals surface area (Å²) in [7, 11) is 0. The highest BCUT2D eigenvalue weighted by molar-refractivity contribution is 5.95. The van der Waals surface area contributed by atoms with Gasteiger partial charge in [-0.3, -0.25) is 4.79 Å². The summed E-state index contributed by atoms with van der Waals surface area (Å²) in [4.78, 5) is 17.0. The smallest absolute Gasteiger partial charge is 0.255 e. The predicted octanol–water partition coefficient (Wildman–Crippen LogP) is 2.53. The van der Waals surface area contributed by atoms with E-state index in [1.807, 2.05) is 25.1 Å². The number of aromatic nitrogens is 3. The van der Waals surface area contributed by atoms with Crippen molar-refractivity contribution < 1.29 is 4.79 Å². The average molecular weight is 386 g/mol. The molecule has 0 aliphatic heterocycles. The number of amides is 1. The summed E-state index contributed by atoms with van der Waals surface area (Å²) in [5.74, 6) is 1.05. The molecule has 138 valence electrons. The molecule has 1 fully saturated rings. The van der Waals surface area contributed by atoms with E-state index >= 15 is 0 Å². The summed E-state index contributed by atoms with van der Waals surface area (Å²) in [5, 5.41) is 7.50. The number of nitrogens with zero attached hydrogens (tertiary/aromatic N) is 3. The fraction of sp³-hybridized carbons (Fsp3) is 0.471.